The van der Waals surface area contributed by atoms with Gasteiger partial charge in [-0.3, -0.25) is 14.9 Å². The zero-order valence-corrected chi connectivity index (χ0v) is 14.9. The van der Waals surface area contributed by atoms with Crippen LogP contribution in [0.4, 0.5) is 5.69 Å². The molecule has 0 aromatic heterocycles. The second kappa shape index (κ2) is 9.36. The molecule has 0 bridgehead atoms. The Morgan fingerprint density at radius 2 is 2.04 bits per heavy atom. The number of aromatic hydroxyl groups is 1. The average Bonchev–Trinajstić information content (AvgIpc) is 2.66. The third-order valence-corrected chi connectivity index (χ3v) is 3.93. The molecule has 8 heteroatoms. The molecule has 0 unspecified atom stereocenters. The highest BCUT2D eigenvalue weighted by atomic mass is 35.5. The number of nitro groups is 1. The molecule has 0 saturated heterocycles. The summed E-state index contributed by atoms with van der Waals surface area (Å²) in [5, 5.41) is 32.7. The number of phenolic OH excluding ortho intramolecular Hbond substituents is 1. The molecule has 0 saturated carbocycles. The fourth-order valence-corrected chi connectivity index (χ4v) is 2.61. The van der Waals surface area contributed by atoms with Crippen molar-refractivity contribution < 1.29 is 14.8 Å². The fourth-order valence-electron chi connectivity index (χ4n) is 2.39. The van der Waals surface area contributed by atoms with Gasteiger partial charge in [0.15, 0.2) is 0 Å². The Kier molecular flexibility index (Phi) is 6.92. The van der Waals surface area contributed by atoms with Crippen LogP contribution >= 0.6 is 11.6 Å². The molecule has 0 spiro atoms. The van der Waals surface area contributed by atoms with E-state index in [1.165, 1.54) is 6.07 Å². The van der Waals surface area contributed by atoms with E-state index in [1.807, 2.05) is 30.3 Å². The van der Waals surface area contributed by atoms with Gasteiger partial charge in [0.25, 0.3) is 5.91 Å². The molecule has 0 fully saturated rings. The molecule has 27 heavy (non-hydrogen) atoms. The van der Waals surface area contributed by atoms with Gasteiger partial charge in [-0.25, -0.2) is 0 Å². The summed E-state index contributed by atoms with van der Waals surface area (Å²) in [5.41, 5.74) is 0.167. The highest BCUT2D eigenvalue weighted by Crippen LogP contribution is 2.34. The van der Waals surface area contributed by atoms with E-state index in [2.05, 4.69) is 5.32 Å². The normalized spacial score (nSPS) is 10.9. The number of nitrogens with zero attached hydrogens (tertiary/aromatic N) is 2. The molecule has 2 N–H and O–H groups in total. The summed E-state index contributed by atoms with van der Waals surface area (Å²) in [6, 6.07) is 13.7. The van der Waals surface area contributed by atoms with Crippen molar-refractivity contribution in [2.75, 3.05) is 6.54 Å². The average molecular weight is 386 g/mol. The second-order valence-corrected chi connectivity index (χ2v) is 6.07. The molecule has 1 amide bonds. The van der Waals surface area contributed by atoms with Gasteiger partial charge in [0.2, 0.25) is 5.75 Å². The smallest absolute Gasteiger partial charge is 0.312 e. The summed E-state index contributed by atoms with van der Waals surface area (Å²) in [7, 11) is 0. The van der Waals surface area contributed by atoms with Crippen LogP contribution in [0.1, 0.15) is 17.5 Å². The summed E-state index contributed by atoms with van der Waals surface area (Å²) in [4.78, 5) is 22.3. The largest absolute Gasteiger partial charge is 0.502 e. The van der Waals surface area contributed by atoms with E-state index in [-0.39, 0.29) is 16.2 Å². The number of nitrogens with one attached hydrogen (secondary N) is 1. The number of halogens is 1. The van der Waals surface area contributed by atoms with Crippen LogP contribution < -0.4 is 5.32 Å². The number of phenols is 1. The highest BCUT2D eigenvalue weighted by Gasteiger charge is 2.19. The minimum absolute atomic E-state index is 0.00584. The molecule has 2 rings (SSSR count). The predicted octanol–water partition coefficient (Wildman–Crippen LogP) is 3.61. The van der Waals surface area contributed by atoms with Crippen LogP contribution in [-0.4, -0.2) is 22.5 Å². The van der Waals surface area contributed by atoms with Gasteiger partial charge in [0.1, 0.15) is 11.6 Å². The molecule has 2 aromatic rings. The van der Waals surface area contributed by atoms with Gasteiger partial charge in [-0.15, -0.1) is 0 Å². The number of nitriles is 1. The number of aryl methyl sites for hydroxylation is 1. The lowest BCUT2D eigenvalue weighted by molar-refractivity contribution is -0.385. The van der Waals surface area contributed by atoms with Gasteiger partial charge in [-0.1, -0.05) is 41.9 Å². The van der Waals surface area contributed by atoms with E-state index < -0.39 is 22.3 Å². The lowest BCUT2D eigenvalue weighted by atomic mass is 10.1. The SMILES string of the molecule is N#C/C(=C/c1cc(Cl)cc([N+](=O)[O-])c1O)C(=O)NCCCc1ccccc1. The third kappa shape index (κ3) is 5.56. The van der Waals surface area contributed by atoms with Crippen molar-refractivity contribution in [2.24, 2.45) is 0 Å². The third-order valence-electron chi connectivity index (χ3n) is 3.72. The molecular formula is C19H16ClN3O4. The van der Waals surface area contributed by atoms with Crippen LogP contribution in [-0.2, 0) is 11.2 Å². The summed E-state index contributed by atoms with van der Waals surface area (Å²) < 4.78 is 0. The first-order chi connectivity index (χ1) is 12.9. The number of rotatable bonds is 7. The number of benzene rings is 2. The van der Waals surface area contributed by atoms with Gasteiger partial charge in [0.05, 0.1) is 4.92 Å². The van der Waals surface area contributed by atoms with Crippen molar-refractivity contribution in [1.29, 1.82) is 5.26 Å². The van der Waals surface area contributed by atoms with Crippen molar-refractivity contribution in [3.05, 3.63) is 74.3 Å². The van der Waals surface area contributed by atoms with E-state index in [0.29, 0.717) is 13.0 Å². The summed E-state index contributed by atoms with van der Waals surface area (Å²) in [5.74, 6) is -1.29. The number of nitro benzene ring substituents is 1. The molecule has 0 radical (unpaired) electrons. The lowest BCUT2D eigenvalue weighted by Crippen LogP contribution is -2.25. The lowest BCUT2D eigenvalue weighted by Gasteiger charge is -2.06. The summed E-state index contributed by atoms with van der Waals surface area (Å²) >= 11 is 5.80. The number of amides is 1. The Morgan fingerprint density at radius 1 is 1.33 bits per heavy atom. The summed E-state index contributed by atoms with van der Waals surface area (Å²) in [6.45, 7) is 0.356. The Bertz CT molecular complexity index is 921. The first-order valence-corrected chi connectivity index (χ1v) is 8.41. The Hall–Kier alpha value is -3.37. The van der Waals surface area contributed by atoms with Crippen LogP contribution in [0.3, 0.4) is 0 Å². The van der Waals surface area contributed by atoms with Crippen molar-refractivity contribution in [1.82, 2.24) is 5.32 Å². The van der Waals surface area contributed by atoms with E-state index in [1.54, 1.807) is 6.07 Å². The number of carbonyl (C=O) groups excluding carboxylic acids is 1. The Labute approximate surface area is 160 Å². The van der Waals surface area contributed by atoms with Crippen molar-refractivity contribution in [2.45, 2.75) is 12.8 Å². The standard InChI is InChI=1S/C19H16ClN3O4/c20-16-10-14(18(24)17(11-16)23(26)27)9-15(12-21)19(25)22-8-4-7-13-5-2-1-3-6-13/h1-3,5-6,9-11,24H,4,7-8H2,(H,22,25)/b15-9-. The molecule has 0 atom stereocenters. The van der Waals surface area contributed by atoms with Crippen LogP contribution in [0.2, 0.25) is 5.02 Å². The van der Waals surface area contributed by atoms with E-state index in [9.17, 15) is 25.3 Å². The number of hydrogen-bond donors (Lipinski definition) is 2. The second-order valence-electron chi connectivity index (χ2n) is 5.63. The van der Waals surface area contributed by atoms with Crippen molar-refractivity contribution >= 4 is 29.3 Å². The quantitative estimate of drug-likeness (QED) is 0.248. The summed E-state index contributed by atoms with van der Waals surface area (Å²) in [6.07, 6.45) is 2.52. The molecule has 0 aliphatic heterocycles. The number of carbonyl (C=O) groups is 1. The number of hydrogen-bond acceptors (Lipinski definition) is 5. The van der Waals surface area contributed by atoms with Crippen molar-refractivity contribution in [3.63, 3.8) is 0 Å². The van der Waals surface area contributed by atoms with Crippen LogP contribution in [0, 0.1) is 21.4 Å². The first kappa shape index (κ1) is 19.9. The van der Waals surface area contributed by atoms with Crippen LogP contribution in [0.5, 0.6) is 5.75 Å². The van der Waals surface area contributed by atoms with Gasteiger partial charge in [-0.2, -0.15) is 5.26 Å². The minimum atomic E-state index is -0.797. The van der Waals surface area contributed by atoms with E-state index in [0.717, 1.165) is 24.1 Å². The van der Waals surface area contributed by atoms with Crippen LogP contribution in [0.25, 0.3) is 6.08 Å². The maximum absolute atomic E-state index is 12.2. The van der Waals surface area contributed by atoms with Gasteiger partial charge < -0.3 is 10.4 Å². The molecule has 7 nitrogen and oxygen atoms in total. The van der Waals surface area contributed by atoms with Gasteiger partial charge in [-0.05, 0) is 30.5 Å². The van der Waals surface area contributed by atoms with Gasteiger partial charge >= 0.3 is 5.69 Å². The zero-order chi connectivity index (χ0) is 19.8. The maximum atomic E-state index is 12.2. The minimum Gasteiger partial charge on any atom is -0.502 e. The van der Waals surface area contributed by atoms with Crippen LogP contribution in [0.15, 0.2) is 48.0 Å². The van der Waals surface area contributed by atoms with Gasteiger partial charge in [0, 0.05) is 23.2 Å². The fraction of sp³-hybridized carbons (Fsp3) is 0.158. The molecule has 0 heterocycles. The topological polar surface area (TPSA) is 116 Å². The van der Waals surface area contributed by atoms with E-state index in [4.69, 9.17) is 11.6 Å². The molecule has 138 valence electrons. The predicted molar refractivity (Wildman–Crippen MR) is 101 cm³/mol. The molecule has 0 aliphatic rings. The van der Waals surface area contributed by atoms with E-state index >= 15 is 0 Å². The first-order valence-electron chi connectivity index (χ1n) is 8.03. The Balaban J connectivity index is 2.06. The highest BCUT2D eigenvalue weighted by molar-refractivity contribution is 6.31. The van der Waals surface area contributed by atoms with Crippen molar-refractivity contribution in [3.8, 4) is 11.8 Å². The zero-order valence-electron chi connectivity index (χ0n) is 14.2. The molecule has 0 aliphatic carbocycles. The molecule has 2 aromatic carbocycles. The molecular weight excluding hydrogens is 370 g/mol. The maximum Gasteiger partial charge on any atom is 0.312 e. The Morgan fingerprint density at radius 3 is 2.67 bits per heavy atom. The monoisotopic (exact) mass is 385 g/mol.